The van der Waals surface area contributed by atoms with E-state index in [-0.39, 0.29) is 11.9 Å². The predicted octanol–water partition coefficient (Wildman–Crippen LogP) is 1.07. The van der Waals surface area contributed by atoms with Gasteiger partial charge < -0.3 is 10.2 Å². The highest BCUT2D eigenvalue weighted by molar-refractivity contribution is 6.03. The maximum Gasteiger partial charge on any atom is 0.324 e. The number of nitrogens with one attached hydrogen (secondary N) is 1. The molecule has 0 saturated carbocycles. The van der Waals surface area contributed by atoms with Crippen LogP contribution in [-0.2, 0) is 4.79 Å². The van der Waals surface area contributed by atoms with E-state index in [2.05, 4.69) is 11.9 Å². The second kappa shape index (κ2) is 7.84. The van der Waals surface area contributed by atoms with Gasteiger partial charge in [-0.25, -0.2) is 4.79 Å². The molecule has 0 rings (SSSR count). The number of rotatable bonds is 6. The second-order valence-electron chi connectivity index (χ2n) is 4.23. The van der Waals surface area contributed by atoms with Gasteiger partial charge in [0.1, 0.15) is 0 Å². The van der Waals surface area contributed by atoms with Crippen molar-refractivity contribution in [3.63, 3.8) is 0 Å². The van der Waals surface area contributed by atoms with Crippen molar-refractivity contribution in [2.75, 3.05) is 33.7 Å². The Hall–Kier alpha value is -1.36. The molecule has 0 aliphatic rings. The molecule has 0 aromatic carbocycles. The van der Waals surface area contributed by atoms with Crippen LogP contribution in [0.25, 0.3) is 0 Å². The summed E-state index contributed by atoms with van der Waals surface area (Å²) in [6.07, 6.45) is 0.753. The highest BCUT2D eigenvalue weighted by Gasteiger charge is 2.20. The van der Waals surface area contributed by atoms with Crippen LogP contribution in [0.3, 0.4) is 0 Å². The summed E-state index contributed by atoms with van der Waals surface area (Å²) in [5.41, 5.74) is 0.376. The summed E-state index contributed by atoms with van der Waals surface area (Å²) in [7, 11) is 3.91. The highest BCUT2D eigenvalue weighted by Crippen LogP contribution is 2.01. The monoisotopic (exact) mass is 241 g/mol. The Bertz CT molecular complexity index is 287. The fourth-order valence-electron chi connectivity index (χ4n) is 1.32. The summed E-state index contributed by atoms with van der Waals surface area (Å²) >= 11 is 0. The number of hydrogen-bond donors (Lipinski definition) is 1. The van der Waals surface area contributed by atoms with Gasteiger partial charge in [-0.05, 0) is 40.9 Å². The van der Waals surface area contributed by atoms with E-state index in [0.29, 0.717) is 18.7 Å². The van der Waals surface area contributed by atoms with Crippen molar-refractivity contribution in [1.29, 1.82) is 0 Å². The van der Waals surface area contributed by atoms with Gasteiger partial charge in [0.25, 0.3) is 5.91 Å². The molecule has 0 atom stereocenters. The fourth-order valence-corrected chi connectivity index (χ4v) is 1.32. The molecular formula is C12H23N3O2. The minimum absolute atomic E-state index is 0.310. The predicted molar refractivity (Wildman–Crippen MR) is 68.8 cm³/mol. The topological polar surface area (TPSA) is 52.7 Å². The lowest BCUT2D eigenvalue weighted by molar-refractivity contribution is -0.124. The molecule has 0 bridgehead atoms. The van der Waals surface area contributed by atoms with E-state index in [1.54, 1.807) is 6.92 Å². The molecule has 5 nitrogen and oxygen atoms in total. The first-order valence-corrected chi connectivity index (χ1v) is 5.80. The Kier molecular flexibility index (Phi) is 7.21. The summed E-state index contributed by atoms with van der Waals surface area (Å²) in [6, 6.07) is -0.348. The number of hydrogen-bond acceptors (Lipinski definition) is 3. The molecule has 0 fully saturated rings. The molecule has 0 aromatic heterocycles. The summed E-state index contributed by atoms with van der Waals surface area (Å²) < 4.78 is 0. The van der Waals surface area contributed by atoms with Crippen LogP contribution in [0.5, 0.6) is 0 Å². The van der Waals surface area contributed by atoms with Crippen molar-refractivity contribution in [1.82, 2.24) is 15.1 Å². The Labute approximate surface area is 103 Å². The average molecular weight is 241 g/mol. The SMILES string of the molecule is C=C(C)C(=O)N(CCCN(C)C)C(=O)NCC. The first-order chi connectivity index (χ1) is 7.90. The molecule has 5 heteroatoms. The first kappa shape index (κ1) is 15.6. The molecule has 0 saturated heterocycles. The number of urea groups is 1. The third-order valence-electron chi connectivity index (χ3n) is 2.17. The van der Waals surface area contributed by atoms with E-state index in [1.807, 2.05) is 25.9 Å². The van der Waals surface area contributed by atoms with Gasteiger partial charge in [-0.2, -0.15) is 0 Å². The van der Waals surface area contributed by atoms with Crippen LogP contribution in [0, 0.1) is 0 Å². The van der Waals surface area contributed by atoms with E-state index in [9.17, 15) is 9.59 Å². The molecule has 0 unspecified atom stereocenters. The van der Waals surface area contributed by atoms with Crippen LogP contribution in [0.15, 0.2) is 12.2 Å². The van der Waals surface area contributed by atoms with Crippen molar-refractivity contribution < 1.29 is 9.59 Å². The molecule has 0 heterocycles. The molecular weight excluding hydrogens is 218 g/mol. The number of nitrogens with zero attached hydrogens (tertiary/aromatic N) is 2. The van der Waals surface area contributed by atoms with Gasteiger partial charge >= 0.3 is 6.03 Å². The van der Waals surface area contributed by atoms with Gasteiger partial charge in [-0.15, -0.1) is 0 Å². The van der Waals surface area contributed by atoms with E-state index < -0.39 is 0 Å². The Morgan fingerprint density at radius 2 is 1.82 bits per heavy atom. The molecule has 0 aliphatic carbocycles. The molecule has 0 radical (unpaired) electrons. The zero-order chi connectivity index (χ0) is 13.4. The maximum atomic E-state index is 11.8. The quantitative estimate of drug-likeness (QED) is 0.708. The zero-order valence-electron chi connectivity index (χ0n) is 11.2. The zero-order valence-corrected chi connectivity index (χ0v) is 11.2. The molecule has 1 N–H and O–H groups in total. The Morgan fingerprint density at radius 1 is 1.24 bits per heavy atom. The second-order valence-corrected chi connectivity index (χ2v) is 4.23. The number of carbonyl (C=O) groups is 2. The van der Waals surface area contributed by atoms with Gasteiger partial charge in [0.2, 0.25) is 0 Å². The highest BCUT2D eigenvalue weighted by atomic mass is 16.2. The smallest absolute Gasteiger partial charge is 0.324 e. The van der Waals surface area contributed by atoms with E-state index in [1.165, 1.54) is 4.90 Å². The van der Waals surface area contributed by atoms with Gasteiger partial charge in [-0.3, -0.25) is 9.69 Å². The van der Waals surface area contributed by atoms with E-state index in [4.69, 9.17) is 0 Å². The van der Waals surface area contributed by atoms with Gasteiger partial charge in [0.15, 0.2) is 0 Å². The fraction of sp³-hybridized carbons (Fsp3) is 0.667. The van der Waals surface area contributed by atoms with Crippen LogP contribution < -0.4 is 5.32 Å². The van der Waals surface area contributed by atoms with Crippen molar-refractivity contribution >= 4 is 11.9 Å². The van der Waals surface area contributed by atoms with Gasteiger partial charge in [0, 0.05) is 18.7 Å². The first-order valence-electron chi connectivity index (χ1n) is 5.80. The lowest BCUT2D eigenvalue weighted by atomic mass is 10.3. The lowest BCUT2D eigenvalue weighted by Crippen LogP contribution is -2.45. The third kappa shape index (κ3) is 6.06. The van der Waals surface area contributed by atoms with Crippen molar-refractivity contribution in [2.45, 2.75) is 20.3 Å². The Balaban J connectivity index is 4.46. The Morgan fingerprint density at radius 3 is 2.24 bits per heavy atom. The molecule has 0 spiro atoms. The number of imide groups is 1. The van der Waals surface area contributed by atoms with Crippen LogP contribution in [0.1, 0.15) is 20.3 Å². The van der Waals surface area contributed by atoms with Crippen LogP contribution >= 0.6 is 0 Å². The molecule has 3 amide bonds. The number of carbonyl (C=O) groups excluding carboxylic acids is 2. The van der Waals surface area contributed by atoms with Crippen LogP contribution in [0.4, 0.5) is 4.79 Å². The normalized spacial score (nSPS) is 10.2. The van der Waals surface area contributed by atoms with Crippen molar-refractivity contribution in [3.8, 4) is 0 Å². The number of amides is 3. The minimum atomic E-state index is -0.348. The van der Waals surface area contributed by atoms with Crippen LogP contribution in [0.2, 0.25) is 0 Å². The third-order valence-corrected chi connectivity index (χ3v) is 2.17. The van der Waals surface area contributed by atoms with Crippen molar-refractivity contribution in [2.24, 2.45) is 0 Å². The minimum Gasteiger partial charge on any atom is -0.338 e. The summed E-state index contributed by atoms with van der Waals surface area (Å²) in [6.45, 7) is 8.76. The molecule has 17 heavy (non-hydrogen) atoms. The summed E-state index contributed by atoms with van der Waals surface area (Å²) in [5, 5.41) is 2.63. The maximum absolute atomic E-state index is 11.8. The molecule has 0 aliphatic heterocycles. The molecule has 0 aromatic rings. The molecule has 98 valence electrons. The lowest BCUT2D eigenvalue weighted by Gasteiger charge is -2.21. The van der Waals surface area contributed by atoms with Crippen LogP contribution in [-0.4, -0.2) is 55.5 Å². The summed E-state index contributed by atoms with van der Waals surface area (Å²) in [5.74, 6) is -0.310. The van der Waals surface area contributed by atoms with Gasteiger partial charge in [-0.1, -0.05) is 6.58 Å². The van der Waals surface area contributed by atoms with E-state index in [0.717, 1.165) is 13.0 Å². The summed E-state index contributed by atoms with van der Waals surface area (Å²) in [4.78, 5) is 26.7. The van der Waals surface area contributed by atoms with Crippen molar-refractivity contribution in [3.05, 3.63) is 12.2 Å². The van der Waals surface area contributed by atoms with E-state index >= 15 is 0 Å². The largest absolute Gasteiger partial charge is 0.338 e. The van der Waals surface area contributed by atoms with Gasteiger partial charge in [0.05, 0.1) is 0 Å². The average Bonchev–Trinajstić information content (AvgIpc) is 2.23. The standard InChI is InChI=1S/C12H23N3O2/c1-6-13-12(17)15(11(16)10(2)3)9-7-8-14(4)5/h2,6-9H2,1,3-5H3,(H,13,17).